The lowest BCUT2D eigenvalue weighted by molar-refractivity contribution is 0.415. The Labute approximate surface area is 180 Å². The molecule has 0 radical (unpaired) electrons. The Morgan fingerprint density at radius 1 is 0.867 bits per heavy atom. The van der Waals surface area contributed by atoms with Crippen LogP contribution in [0.25, 0.3) is 28.2 Å². The molecular weight excluding hydrogens is 420 g/mol. The van der Waals surface area contributed by atoms with Crippen molar-refractivity contribution < 1.29 is 13.2 Å². The van der Waals surface area contributed by atoms with Crippen LogP contribution in [-0.4, -0.2) is 31.6 Å². The summed E-state index contributed by atoms with van der Waals surface area (Å²) >= 11 is 6.02. The molecule has 0 N–H and O–H groups in total. The second-order valence-corrected chi connectivity index (χ2v) is 9.28. The highest BCUT2D eigenvalue weighted by molar-refractivity contribution is 7.90. The van der Waals surface area contributed by atoms with Gasteiger partial charge in [0.15, 0.2) is 9.84 Å². The number of hydrogen-bond donors (Lipinski definition) is 0. The van der Waals surface area contributed by atoms with Crippen LogP contribution in [-0.2, 0) is 9.84 Å². The molecule has 1 heterocycles. The first kappa shape index (κ1) is 20.2. The zero-order valence-electron chi connectivity index (χ0n) is 16.4. The van der Waals surface area contributed by atoms with Crippen LogP contribution in [0.15, 0.2) is 83.8 Å². The van der Waals surface area contributed by atoms with Crippen LogP contribution in [0, 0.1) is 0 Å². The van der Waals surface area contributed by atoms with Gasteiger partial charge in [-0.15, -0.1) is 0 Å². The molecule has 0 saturated heterocycles. The molecule has 7 heteroatoms. The van der Waals surface area contributed by atoms with Gasteiger partial charge in [-0.05, 0) is 66.7 Å². The summed E-state index contributed by atoms with van der Waals surface area (Å²) in [5.41, 5.74) is 4.30. The van der Waals surface area contributed by atoms with E-state index in [-0.39, 0.29) is 4.90 Å². The lowest BCUT2D eigenvalue weighted by atomic mass is 10.1. The summed E-state index contributed by atoms with van der Waals surface area (Å²) in [6, 6.07) is 23.9. The summed E-state index contributed by atoms with van der Waals surface area (Å²) in [5, 5.41) is 5.44. The number of halogens is 1. The van der Waals surface area contributed by atoms with Crippen molar-refractivity contribution in [2.24, 2.45) is 0 Å². The normalized spacial score (nSPS) is 11.4. The monoisotopic (exact) mass is 438 g/mol. The molecule has 5 nitrogen and oxygen atoms in total. The van der Waals surface area contributed by atoms with Crippen molar-refractivity contribution in [3.63, 3.8) is 0 Å². The summed E-state index contributed by atoms with van der Waals surface area (Å²) in [6.07, 6.45) is 1.19. The molecule has 1 aromatic heterocycles. The van der Waals surface area contributed by atoms with Crippen LogP contribution in [0.1, 0.15) is 0 Å². The molecule has 0 aliphatic rings. The summed E-state index contributed by atoms with van der Waals surface area (Å²) in [5.74, 6) is 0.764. The van der Waals surface area contributed by atoms with E-state index in [9.17, 15) is 8.42 Å². The molecule has 0 aliphatic heterocycles. The molecule has 152 valence electrons. The summed E-state index contributed by atoms with van der Waals surface area (Å²) < 4.78 is 30.7. The van der Waals surface area contributed by atoms with Crippen molar-refractivity contribution in [2.75, 3.05) is 13.4 Å². The number of rotatable bonds is 5. The fourth-order valence-corrected chi connectivity index (χ4v) is 3.90. The van der Waals surface area contributed by atoms with E-state index in [0.29, 0.717) is 5.02 Å². The van der Waals surface area contributed by atoms with Gasteiger partial charge in [-0.3, -0.25) is 0 Å². The van der Waals surface area contributed by atoms with Gasteiger partial charge in [-0.2, -0.15) is 5.10 Å². The van der Waals surface area contributed by atoms with Crippen LogP contribution in [0.2, 0.25) is 5.02 Å². The molecule has 4 rings (SSSR count). The SMILES string of the molecule is COc1ccc(-c2cc(-c3ccc(Cl)cc3)nn2-c2ccc(S(C)(=O)=O)cc2)cc1. The Kier molecular flexibility index (Phi) is 5.37. The minimum absolute atomic E-state index is 0.266. The molecule has 0 spiro atoms. The molecule has 0 aliphatic carbocycles. The van der Waals surface area contributed by atoms with Gasteiger partial charge in [-0.25, -0.2) is 13.1 Å². The smallest absolute Gasteiger partial charge is 0.175 e. The van der Waals surface area contributed by atoms with E-state index in [1.807, 2.05) is 54.6 Å². The van der Waals surface area contributed by atoms with Crippen LogP contribution >= 0.6 is 11.6 Å². The molecule has 4 aromatic rings. The minimum Gasteiger partial charge on any atom is -0.497 e. The standard InChI is InChI=1S/C23H19ClN2O3S/c1-29-20-11-5-17(6-12-20)23-15-22(16-3-7-18(24)8-4-16)25-26(23)19-9-13-21(14-10-19)30(2,27)28/h3-15H,1-2H3. The second-order valence-electron chi connectivity index (χ2n) is 6.83. The van der Waals surface area contributed by atoms with Gasteiger partial charge in [0, 0.05) is 22.4 Å². The van der Waals surface area contributed by atoms with E-state index < -0.39 is 9.84 Å². The van der Waals surface area contributed by atoms with Gasteiger partial charge in [0.1, 0.15) is 5.75 Å². The molecule has 0 atom stereocenters. The largest absolute Gasteiger partial charge is 0.497 e. The molecule has 0 bridgehead atoms. The maximum Gasteiger partial charge on any atom is 0.175 e. The van der Waals surface area contributed by atoms with Gasteiger partial charge in [0.2, 0.25) is 0 Å². The third kappa shape index (κ3) is 4.10. The molecule has 30 heavy (non-hydrogen) atoms. The van der Waals surface area contributed by atoms with Crippen LogP contribution in [0.5, 0.6) is 5.75 Å². The zero-order valence-corrected chi connectivity index (χ0v) is 18.0. The number of nitrogens with zero attached hydrogens (tertiary/aromatic N) is 2. The first-order valence-corrected chi connectivity index (χ1v) is 11.4. The van der Waals surface area contributed by atoms with E-state index >= 15 is 0 Å². The molecule has 0 saturated carbocycles. The fraction of sp³-hybridized carbons (Fsp3) is 0.0870. The Bertz CT molecular complexity index is 1280. The summed E-state index contributed by atoms with van der Waals surface area (Å²) in [7, 11) is -1.64. The van der Waals surface area contributed by atoms with Crippen molar-refractivity contribution in [1.82, 2.24) is 9.78 Å². The third-order valence-corrected chi connectivity index (χ3v) is 6.13. The minimum atomic E-state index is -3.27. The van der Waals surface area contributed by atoms with Crippen molar-refractivity contribution >= 4 is 21.4 Å². The van der Waals surface area contributed by atoms with Crippen molar-refractivity contribution in [2.45, 2.75) is 4.90 Å². The zero-order chi connectivity index (χ0) is 21.3. The van der Waals surface area contributed by atoms with Crippen LogP contribution in [0.3, 0.4) is 0 Å². The van der Waals surface area contributed by atoms with Crippen molar-refractivity contribution in [1.29, 1.82) is 0 Å². The van der Waals surface area contributed by atoms with Crippen LogP contribution in [0.4, 0.5) is 0 Å². The molecule has 0 unspecified atom stereocenters. The summed E-state index contributed by atoms with van der Waals surface area (Å²) in [4.78, 5) is 0.266. The lowest BCUT2D eigenvalue weighted by Crippen LogP contribution is -2.01. The lowest BCUT2D eigenvalue weighted by Gasteiger charge is -2.09. The van der Waals surface area contributed by atoms with Crippen molar-refractivity contribution in [3.8, 4) is 34.0 Å². The second kappa shape index (κ2) is 7.97. The van der Waals surface area contributed by atoms with Gasteiger partial charge in [0.25, 0.3) is 0 Å². The Balaban J connectivity index is 1.85. The Hall–Kier alpha value is -3.09. The first-order valence-electron chi connectivity index (χ1n) is 9.16. The third-order valence-electron chi connectivity index (χ3n) is 4.74. The maximum atomic E-state index is 11.8. The highest BCUT2D eigenvalue weighted by Gasteiger charge is 2.15. The molecular formula is C23H19ClN2O3S. The van der Waals surface area contributed by atoms with Gasteiger partial charge < -0.3 is 4.74 Å². The predicted octanol–water partition coefficient (Wildman–Crippen LogP) is 5.27. The number of ether oxygens (including phenoxy) is 1. The van der Waals surface area contributed by atoms with Gasteiger partial charge in [0.05, 0.1) is 29.1 Å². The topological polar surface area (TPSA) is 61.2 Å². The van der Waals surface area contributed by atoms with Crippen LogP contribution < -0.4 is 4.74 Å². The Morgan fingerprint density at radius 2 is 1.47 bits per heavy atom. The molecule has 3 aromatic carbocycles. The maximum absolute atomic E-state index is 11.8. The predicted molar refractivity (Wildman–Crippen MR) is 119 cm³/mol. The van der Waals surface area contributed by atoms with E-state index in [4.69, 9.17) is 21.4 Å². The van der Waals surface area contributed by atoms with E-state index in [2.05, 4.69) is 0 Å². The average Bonchev–Trinajstić information content (AvgIpc) is 3.19. The molecule has 0 amide bonds. The fourth-order valence-electron chi connectivity index (χ4n) is 3.14. The van der Waals surface area contributed by atoms with E-state index in [1.165, 1.54) is 6.26 Å². The Morgan fingerprint density at radius 3 is 2.03 bits per heavy atom. The summed E-state index contributed by atoms with van der Waals surface area (Å²) in [6.45, 7) is 0. The molecule has 0 fully saturated rings. The number of sulfone groups is 1. The van der Waals surface area contributed by atoms with E-state index in [0.717, 1.165) is 34.0 Å². The van der Waals surface area contributed by atoms with E-state index in [1.54, 1.807) is 36.1 Å². The highest BCUT2D eigenvalue weighted by Crippen LogP contribution is 2.30. The average molecular weight is 439 g/mol. The van der Waals surface area contributed by atoms with Gasteiger partial charge in [-0.1, -0.05) is 23.7 Å². The quantitative estimate of drug-likeness (QED) is 0.425. The highest BCUT2D eigenvalue weighted by atomic mass is 35.5. The van der Waals surface area contributed by atoms with Crippen molar-refractivity contribution in [3.05, 3.63) is 83.9 Å². The number of aromatic nitrogens is 2. The number of hydrogen-bond acceptors (Lipinski definition) is 4. The number of methoxy groups -OCH3 is 1. The first-order chi connectivity index (χ1) is 14.3. The number of benzene rings is 3. The van der Waals surface area contributed by atoms with Gasteiger partial charge >= 0.3 is 0 Å².